The molecule has 38 heavy (non-hydrogen) atoms. The van der Waals surface area contributed by atoms with Gasteiger partial charge in [0.1, 0.15) is 11.4 Å². The third-order valence-corrected chi connectivity index (χ3v) is 7.79. The summed E-state index contributed by atoms with van der Waals surface area (Å²) in [5.41, 5.74) is 2.23. The van der Waals surface area contributed by atoms with Crippen molar-refractivity contribution in [2.24, 2.45) is 5.92 Å². The zero-order valence-corrected chi connectivity index (χ0v) is 22.2. The quantitative estimate of drug-likeness (QED) is 0.555. The first-order valence-corrected chi connectivity index (χ1v) is 13.7. The summed E-state index contributed by atoms with van der Waals surface area (Å²) in [4.78, 5) is 51.6. The zero-order valence-electron chi connectivity index (χ0n) is 21.3. The minimum atomic E-state index is -0.420. The van der Waals surface area contributed by atoms with Crippen LogP contribution in [0.25, 0.3) is 0 Å². The molecule has 5 rings (SSSR count). The van der Waals surface area contributed by atoms with Crippen LogP contribution in [0.3, 0.4) is 0 Å². The second-order valence-corrected chi connectivity index (χ2v) is 10.7. The molecule has 2 atom stereocenters. The highest BCUT2D eigenvalue weighted by Gasteiger charge is 2.41. The number of benzene rings is 1. The van der Waals surface area contributed by atoms with Crippen LogP contribution in [0.2, 0.25) is 0 Å². The van der Waals surface area contributed by atoms with Gasteiger partial charge in [-0.1, -0.05) is 18.2 Å². The molecular formula is C28H31N5O4S. The number of amides is 3. The molecule has 1 N–H and O–H groups in total. The van der Waals surface area contributed by atoms with E-state index in [4.69, 9.17) is 4.74 Å². The number of aromatic nitrogens is 2. The van der Waals surface area contributed by atoms with Crippen LogP contribution in [0.5, 0.6) is 5.75 Å². The van der Waals surface area contributed by atoms with E-state index in [1.807, 2.05) is 43.3 Å². The summed E-state index contributed by atoms with van der Waals surface area (Å²) in [5, 5.41) is 5.64. The van der Waals surface area contributed by atoms with E-state index in [0.717, 1.165) is 16.1 Å². The molecular weight excluding hydrogens is 502 g/mol. The molecule has 2 aliphatic rings. The molecule has 2 bridgehead atoms. The summed E-state index contributed by atoms with van der Waals surface area (Å²) < 4.78 is 6.02. The van der Waals surface area contributed by atoms with Crippen molar-refractivity contribution >= 4 is 29.1 Å². The topological polar surface area (TPSA) is 105 Å². The number of carbonyl (C=O) groups excluding carboxylic acids is 3. The lowest BCUT2D eigenvalue weighted by Gasteiger charge is -2.25. The van der Waals surface area contributed by atoms with Crippen LogP contribution in [0.15, 0.2) is 54.2 Å². The Balaban J connectivity index is 1.34. The Morgan fingerprint density at radius 3 is 2.79 bits per heavy atom. The predicted molar refractivity (Wildman–Crippen MR) is 143 cm³/mol. The van der Waals surface area contributed by atoms with Crippen LogP contribution in [-0.2, 0) is 16.0 Å². The summed E-state index contributed by atoms with van der Waals surface area (Å²) in [6, 6.07) is 11.5. The first-order chi connectivity index (χ1) is 18.5. The van der Waals surface area contributed by atoms with E-state index < -0.39 is 5.92 Å². The SMILES string of the molecule is Cc1nc(C(=O)N2C[C@@H]3C(=O)NCCN(C(=O)Cc4cccnc4)CCCOc4cccc(c4)[C@H]3C2)cs1. The number of thiazole rings is 1. The average molecular weight is 534 g/mol. The number of aryl methyl sites for hydroxylation is 1. The van der Waals surface area contributed by atoms with Crippen LogP contribution < -0.4 is 10.1 Å². The molecule has 0 saturated carbocycles. The predicted octanol–water partition coefficient (Wildman–Crippen LogP) is 2.67. The van der Waals surface area contributed by atoms with Gasteiger partial charge < -0.3 is 19.9 Å². The number of likely N-dealkylation sites (tertiary alicyclic amines) is 1. The minimum absolute atomic E-state index is 0.0181. The number of nitrogens with zero attached hydrogens (tertiary/aromatic N) is 4. The molecule has 1 aromatic carbocycles. The number of pyridine rings is 1. The summed E-state index contributed by atoms with van der Waals surface area (Å²) in [7, 11) is 0. The largest absolute Gasteiger partial charge is 0.494 e. The number of rotatable bonds is 3. The third-order valence-electron chi connectivity index (χ3n) is 7.02. The Morgan fingerprint density at radius 1 is 1.13 bits per heavy atom. The molecule has 10 heteroatoms. The normalized spacial score (nSPS) is 20.2. The highest BCUT2D eigenvalue weighted by molar-refractivity contribution is 7.09. The van der Waals surface area contributed by atoms with Gasteiger partial charge in [0.15, 0.2) is 0 Å². The monoisotopic (exact) mass is 533 g/mol. The van der Waals surface area contributed by atoms with Gasteiger partial charge in [-0.2, -0.15) is 0 Å². The van der Waals surface area contributed by atoms with Crippen molar-refractivity contribution < 1.29 is 19.1 Å². The van der Waals surface area contributed by atoms with E-state index in [1.54, 1.807) is 27.6 Å². The van der Waals surface area contributed by atoms with Gasteiger partial charge in [0.25, 0.3) is 5.91 Å². The van der Waals surface area contributed by atoms with Crippen molar-refractivity contribution in [2.75, 3.05) is 39.3 Å². The molecule has 2 aliphatic heterocycles. The van der Waals surface area contributed by atoms with Crippen LogP contribution in [0.1, 0.15) is 39.0 Å². The van der Waals surface area contributed by atoms with Gasteiger partial charge in [-0.25, -0.2) is 4.98 Å². The lowest BCUT2D eigenvalue weighted by molar-refractivity contribution is -0.131. The van der Waals surface area contributed by atoms with Gasteiger partial charge in [-0.15, -0.1) is 11.3 Å². The Bertz CT molecular complexity index is 1300. The molecule has 0 unspecified atom stereocenters. The third kappa shape index (κ3) is 6.02. The van der Waals surface area contributed by atoms with Crippen LogP contribution in [-0.4, -0.2) is 76.8 Å². The number of fused-ring (bicyclic) bond motifs is 4. The average Bonchev–Trinajstić information content (AvgIpc) is 3.57. The van der Waals surface area contributed by atoms with Crippen molar-refractivity contribution in [2.45, 2.75) is 25.7 Å². The summed E-state index contributed by atoms with van der Waals surface area (Å²) in [5.74, 6) is -0.179. The van der Waals surface area contributed by atoms with Crippen molar-refractivity contribution in [3.8, 4) is 5.75 Å². The molecule has 1 fully saturated rings. The summed E-state index contributed by atoms with van der Waals surface area (Å²) >= 11 is 1.44. The van der Waals surface area contributed by atoms with E-state index in [0.29, 0.717) is 57.2 Å². The van der Waals surface area contributed by atoms with Crippen molar-refractivity contribution in [1.82, 2.24) is 25.1 Å². The van der Waals surface area contributed by atoms with Gasteiger partial charge in [0.2, 0.25) is 11.8 Å². The highest BCUT2D eigenvalue weighted by Crippen LogP contribution is 2.35. The number of nitrogens with one attached hydrogen (secondary N) is 1. The van der Waals surface area contributed by atoms with Crippen LogP contribution in [0, 0.1) is 12.8 Å². The lowest BCUT2D eigenvalue weighted by Crippen LogP contribution is -2.42. The maximum atomic E-state index is 13.4. The van der Waals surface area contributed by atoms with Crippen molar-refractivity contribution in [3.63, 3.8) is 0 Å². The Morgan fingerprint density at radius 2 is 2.00 bits per heavy atom. The van der Waals surface area contributed by atoms with E-state index in [2.05, 4.69) is 15.3 Å². The first kappa shape index (κ1) is 25.8. The van der Waals surface area contributed by atoms with Gasteiger partial charge in [0.05, 0.1) is 24.0 Å². The van der Waals surface area contributed by atoms with Crippen molar-refractivity contribution in [3.05, 3.63) is 76.0 Å². The summed E-state index contributed by atoms with van der Waals surface area (Å²) in [6.45, 7) is 4.32. The Labute approximate surface area is 225 Å². The number of hydrogen-bond donors (Lipinski definition) is 1. The van der Waals surface area contributed by atoms with Crippen LogP contribution >= 0.6 is 11.3 Å². The fraction of sp³-hybridized carbons (Fsp3) is 0.393. The second-order valence-electron chi connectivity index (χ2n) is 9.66. The van der Waals surface area contributed by atoms with E-state index in [-0.39, 0.29) is 30.1 Å². The standard InChI is InChI=1S/C28H31N5O4S/c1-19-31-25(18-38-19)28(36)33-16-23-21-6-2-7-22(14-21)37-12-4-10-32(11-9-30-27(35)24(23)17-33)26(34)13-20-5-3-8-29-15-20/h2-3,5-8,14-15,18,23-24H,4,9-13,16-17H2,1H3,(H,30,35)/t23-,24+/m1/s1. The maximum Gasteiger partial charge on any atom is 0.273 e. The van der Waals surface area contributed by atoms with E-state index in [9.17, 15) is 14.4 Å². The van der Waals surface area contributed by atoms with Gasteiger partial charge in [-0.05, 0) is 42.7 Å². The first-order valence-electron chi connectivity index (χ1n) is 12.9. The fourth-order valence-electron chi connectivity index (χ4n) is 5.07. The molecule has 1 saturated heterocycles. The minimum Gasteiger partial charge on any atom is -0.494 e. The number of carbonyl (C=O) groups is 3. The molecule has 4 heterocycles. The smallest absolute Gasteiger partial charge is 0.273 e. The number of ether oxygens (including phenoxy) is 1. The maximum absolute atomic E-state index is 13.4. The Hall–Kier alpha value is -3.79. The molecule has 0 radical (unpaired) electrons. The molecule has 9 nitrogen and oxygen atoms in total. The lowest BCUT2D eigenvalue weighted by atomic mass is 9.88. The zero-order chi connectivity index (χ0) is 26.5. The van der Waals surface area contributed by atoms with Gasteiger partial charge >= 0.3 is 0 Å². The fourth-order valence-corrected chi connectivity index (χ4v) is 5.66. The molecule has 198 valence electrons. The molecule has 3 aromatic rings. The Kier molecular flexibility index (Phi) is 7.97. The van der Waals surface area contributed by atoms with Crippen molar-refractivity contribution in [1.29, 1.82) is 0 Å². The van der Waals surface area contributed by atoms with E-state index in [1.165, 1.54) is 11.3 Å². The van der Waals surface area contributed by atoms with Crippen LogP contribution in [0.4, 0.5) is 0 Å². The highest BCUT2D eigenvalue weighted by atomic mass is 32.1. The van der Waals surface area contributed by atoms with Gasteiger partial charge in [0, 0.05) is 56.4 Å². The molecule has 0 spiro atoms. The second kappa shape index (κ2) is 11.7. The van der Waals surface area contributed by atoms with Gasteiger partial charge in [-0.3, -0.25) is 19.4 Å². The summed E-state index contributed by atoms with van der Waals surface area (Å²) in [6.07, 6.45) is 4.29. The molecule has 2 aromatic heterocycles. The van der Waals surface area contributed by atoms with E-state index >= 15 is 0 Å². The number of hydrogen-bond acceptors (Lipinski definition) is 7. The molecule has 3 amide bonds. The molecule has 0 aliphatic carbocycles.